The van der Waals surface area contributed by atoms with Crippen molar-refractivity contribution in [3.63, 3.8) is 0 Å². The molecule has 0 atom stereocenters. The SMILES string of the molecule is NC1(c2nc(Cc3ccc(Cl)c(Cl)c3)no2)CCC1. The van der Waals surface area contributed by atoms with Gasteiger partial charge in [-0.05, 0) is 37.0 Å². The highest BCUT2D eigenvalue weighted by molar-refractivity contribution is 6.42. The molecule has 6 heteroatoms. The summed E-state index contributed by atoms with van der Waals surface area (Å²) in [5.74, 6) is 1.15. The van der Waals surface area contributed by atoms with E-state index in [0.717, 1.165) is 24.8 Å². The van der Waals surface area contributed by atoms with Crippen molar-refractivity contribution in [2.24, 2.45) is 5.73 Å². The lowest BCUT2D eigenvalue weighted by Gasteiger charge is -2.33. The van der Waals surface area contributed by atoms with Gasteiger partial charge in [0.25, 0.3) is 0 Å². The summed E-state index contributed by atoms with van der Waals surface area (Å²) in [5.41, 5.74) is 6.71. The second-order valence-corrected chi connectivity index (χ2v) is 5.77. The lowest BCUT2D eigenvalue weighted by Crippen LogP contribution is -2.43. The average molecular weight is 298 g/mol. The third-order valence-corrected chi connectivity index (χ3v) is 4.23. The molecule has 1 aromatic carbocycles. The maximum absolute atomic E-state index is 6.14. The van der Waals surface area contributed by atoms with Crippen LogP contribution in [0.15, 0.2) is 22.7 Å². The highest BCUT2D eigenvalue weighted by Gasteiger charge is 2.39. The fraction of sp³-hybridized carbons (Fsp3) is 0.385. The van der Waals surface area contributed by atoms with Crippen molar-refractivity contribution < 1.29 is 4.52 Å². The van der Waals surface area contributed by atoms with Gasteiger partial charge in [-0.3, -0.25) is 0 Å². The molecule has 2 N–H and O–H groups in total. The molecule has 1 heterocycles. The summed E-state index contributed by atoms with van der Waals surface area (Å²) < 4.78 is 5.25. The van der Waals surface area contributed by atoms with E-state index in [9.17, 15) is 0 Å². The predicted molar refractivity (Wildman–Crippen MR) is 73.3 cm³/mol. The molecule has 0 unspecified atom stereocenters. The van der Waals surface area contributed by atoms with Crippen LogP contribution in [-0.4, -0.2) is 10.1 Å². The standard InChI is InChI=1S/C13H13Cl2N3O/c14-9-3-2-8(6-10(9)15)7-11-17-12(19-18-11)13(16)4-1-5-13/h2-3,6H,1,4-5,7,16H2. The van der Waals surface area contributed by atoms with Gasteiger partial charge >= 0.3 is 0 Å². The minimum absolute atomic E-state index is 0.414. The second kappa shape index (κ2) is 4.78. The van der Waals surface area contributed by atoms with Crippen molar-refractivity contribution >= 4 is 23.2 Å². The van der Waals surface area contributed by atoms with Gasteiger partial charge in [0.05, 0.1) is 15.6 Å². The smallest absolute Gasteiger partial charge is 0.246 e. The first-order valence-electron chi connectivity index (χ1n) is 6.13. The Hall–Kier alpha value is -1.10. The minimum Gasteiger partial charge on any atom is -0.337 e. The Morgan fingerprint density at radius 2 is 2.05 bits per heavy atom. The number of halogens is 2. The Morgan fingerprint density at radius 3 is 2.68 bits per heavy atom. The summed E-state index contributed by atoms with van der Waals surface area (Å²) >= 11 is 11.8. The maximum atomic E-state index is 6.14. The highest BCUT2D eigenvalue weighted by Crippen LogP contribution is 2.37. The van der Waals surface area contributed by atoms with Gasteiger partial charge in [-0.25, -0.2) is 0 Å². The molecule has 19 heavy (non-hydrogen) atoms. The molecule has 0 radical (unpaired) electrons. The van der Waals surface area contributed by atoms with Gasteiger partial charge in [0, 0.05) is 6.42 Å². The van der Waals surface area contributed by atoms with Crippen LogP contribution in [0, 0.1) is 0 Å². The van der Waals surface area contributed by atoms with E-state index in [1.807, 2.05) is 12.1 Å². The van der Waals surface area contributed by atoms with Crippen LogP contribution in [0.5, 0.6) is 0 Å². The molecule has 100 valence electrons. The molecule has 1 aliphatic rings. The molecule has 4 nitrogen and oxygen atoms in total. The number of hydrogen-bond donors (Lipinski definition) is 1. The van der Waals surface area contributed by atoms with E-state index in [4.69, 9.17) is 33.5 Å². The molecule has 0 aliphatic heterocycles. The fourth-order valence-corrected chi connectivity index (χ4v) is 2.45. The Bertz CT molecular complexity index is 608. The topological polar surface area (TPSA) is 64.9 Å². The molecule has 2 aromatic rings. The van der Waals surface area contributed by atoms with Crippen LogP contribution in [0.3, 0.4) is 0 Å². The van der Waals surface area contributed by atoms with Crippen LogP contribution in [0.2, 0.25) is 10.0 Å². The molecule has 3 rings (SSSR count). The molecule has 0 spiro atoms. The Labute approximate surface area is 120 Å². The third-order valence-electron chi connectivity index (χ3n) is 3.49. The number of benzene rings is 1. The largest absolute Gasteiger partial charge is 0.337 e. The van der Waals surface area contributed by atoms with Gasteiger partial charge in [0.15, 0.2) is 5.82 Å². The van der Waals surface area contributed by atoms with Crippen molar-refractivity contribution in [1.82, 2.24) is 10.1 Å². The summed E-state index contributed by atoms with van der Waals surface area (Å²) in [7, 11) is 0. The molecule has 0 amide bonds. The van der Waals surface area contributed by atoms with E-state index in [1.165, 1.54) is 0 Å². The van der Waals surface area contributed by atoms with Crippen molar-refractivity contribution in [2.45, 2.75) is 31.2 Å². The molecular formula is C13H13Cl2N3O. The van der Waals surface area contributed by atoms with E-state index in [-0.39, 0.29) is 0 Å². The summed E-state index contributed by atoms with van der Waals surface area (Å²) in [6.45, 7) is 0. The Kier molecular flexibility index (Phi) is 3.25. The lowest BCUT2D eigenvalue weighted by molar-refractivity contribution is 0.181. The van der Waals surface area contributed by atoms with Crippen molar-refractivity contribution in [2.75, 3.05) is 0 Å². The highest BCUT2D eigenvalue weighted by atomic mass is 35.5. The molecule has 1 saturated carbocycles. The average Bonchev–Trinajstić information content (AvgIpc) is 2.80. The van der Waals surface area contributed by atoms with Crippen LogP contribution < -0.4 is 5.73 Å². The van der Waals surface area contributed by atoms with E-state index in [0.29, 0.717) is 28.2 Å². The normalized spacial score (nSPS) is 17.2. The summed E-state index contributed by atoms with van der Waals surface area (Å²) in [6, 6.07) is 5.46. The number of aromatic nitrogens is 2. The van der Waals surface area contributed by atoms with Crippen molar-refractivity contribution in [3.05, 3.63) is 45.5 Å². The van der Waals surface area contributed by atoms with Crippen LogP contribution in [0.1, 0.15) is 36.5 Å². The predicted octanol–water partition coefficient (Wildman–Crippen LogP) is 3.31. The number of hydrogen-bond acceptors (Lipinski definition) is 4. The molecule has 0 saturated heterocycles. The quantitative estimate of drug-likeness (QED) is 0.944. The molecular weight excluding hydrogens is 285 g/mol. The number of nitrogens with zero attached hydrogens (tertiary/aromatic N) is 2. The van der Waals surface area contributed by atoms with E-state index in [2.05, 4.69) is 10.1 Å². The number of nitrogens with two attached hydrogens (primary N) is 1. The zero-order valence-corrected chi connectivity index (χ0v) is 11.7. The molecule has 1 aromatic heterocycles. The summed E-state index contributed by atoms with van der Waals surface area (Å²) in [4.78, 5) is 4.37. The maximum Gasteiger partial charge on any atom is 0.246 e. The van der Waals surface area contributed by atoms with E-state index < -0.39 is 5.54 Å². The van der Waals surface area contributed by atoms with E-state index >= 15 is 0 Å². The molecule has 1 fully saturated rings. The first-order valence-corrected chi connectivity index (χ1v) is 6.88. The van der Waals surface area contributed by atoms with Gasteiger partial charge in [0.1, 0.15) is 0 Å². The fourth-order valence-electron chi connectivity index (χ4n) is 2.13. The molecule has 0 bridgehead atoms. The van der Waals surface area contributed by atoms with Crippen molar-refractivity contribution in [3.8, 4) is 0 Å². The van der Waals surface area contributed by atoms with Gasteiger partial charge in [-0.2, -0.15) is 4.98 Å². The van der Waals surface area contributed by atoms with Crippen LogP contribution in [0.4, 0.5) is 0 Å². The lowest BCUT2D eigenvalue weighted by atomic mass is 9.78. The number of rotatable bonds is 3. The van der Waals surface area contributed by atoms with Gasteiger partial charge in [0.2, 0.25) is 5.89 Å². The Balaban J connectivity index is 1.78. The zero-order chi connectivity index (χ0) is 13.5. The van der Waals surface area contributed by atoms with Gasteiger partial charge in [-0.1, -0.05) is 34.4 Å². The van der Waals surface area contributed by atoms with Crippen molar-refractivity contribution in [1.29, 1.82) is 0 Å². The van der Waals surface area contributed by atoms with E-state index in [1.54, 1.807) is 6.07 Å². The van der Waals surface area contributed by atoms with Crippen LogP contribution >= 0.6 is 23.2 Å². The molecule has 1 aliphatic carbocycles. The Morgan fingerprint density at radius 1 is 1.26 bits per heavy atom. The minimum atomic E-state index is -0.414. The van der Waals surface area contributed by atoms with Crippen LogP contribution in [-0.2, 0) is 12.0 Å². The monoisotopic (exact) mass is 297 g/mol. The summed E-state index contributed by atoms with van der Waals surface area (Å²) in [5, 5.41) is 5.03. The van der Waals surface area contributed by atoms with Crippen LogP contribution in [0.25, 0.3) is 0 Å². The first-order chi connectivity index (χ1) is 9.07. The van der Waals surface area contributed by atoms with Gasteiger partial charge in [-0.15, -0.1) is 0 Å². The third kappa shape index (κ3) is 2.48. The van der Waals surface area contributed by atoms with Gasteiger partial charge < -0.3 is 10.3 Å². The second-order valence-electron chi connectivity index (χ2n) is 4.95. The first kappa shape index (κ1) is 12.9. The summed E-state index contributed by atoms with van der Waals surface area (Å²) in [6.07, 6.45) is 3.47. The zero-order valence-electron chi connectivity index (χ0n) is 10.2.